The van der Waals surface area contributed by atoms with Crippen molar-refractivity contribution in [1.29, 1.82) is 0 Å². The van der Waals surface area contributed by atoms with E-state index in [0.717, 1.165) is 6.07 Å². The topological polar surface area (TPSA) is 172 Å². The van der Waals surface area contributed by atoms with E-state index in [1.54, 1.807) is 0 Å². The van der Waals surface area contributed by atoms with E-state index >= 15 is 0 Å². The van der Waals surface area contributed by atoms with Crippen LogP contribution in [0.2, 0.25) is 0 Å². The Morgan fingerprint density at radius 3 is 2.05 bits per heavy atom. The molecule has 0 aromatic heterocycles. The maximum absolute atomic E-state index is 11.9. The second-order valence-electron chi connectivity index (χ2n) is 4.13. The average Bonchev–Trinajstić information content (AvgIpc) is 2.28. The third-order valence-corrected chi connectivity index (χ3v) is 5.45. The van der Waals surface area contributed by atoms with Crippen molar-refractivity contribution in [2.24, 2.45) is 0 Å². The molecule has 13 heteroatoms. The van der Waals surface area contributed by atoms with E-state index in [9.17, 15) is 30.4 Å². The van der Waals surface area contributed by atoms with Crippen LogP contribution in [0.25, 0.3) is 0 Å². The molecule has 126 valence electrons. The fraction of sp³-hybridized carbons (Fsp3) is 0.333. The Morgan fingerprint density at radius 1 is 1.05 bits per heavy atom. The second-order valence-corrected chi connectivity index (χ2v) is 8.72. The summed E-state index contributed by atoms with van der Waals surface area (Å²) in [6.07, 6.45) is 0. The summed E-state index contributed by atoms with van der Waals surface area (Å²) in [6, 6.07) is 1.47. The Hall–Kier alpha value is -1.25. The van der Waals surface area contributed by atoms with Crippen LogP contribution in [0.4, 0.5) is 0 Å². The van der Waals surface area contributed by atoms with Crippen molar-refractivity contribution in [3.63, 3.8) is 0 Å². The first-order chi connectivity index (χ1) is 9.74. The minimum atomic E-state index is -4.86. The van der Waals surface area contributed by atoms with Crippen LogP contribution < -0.4 is 0 Å². The van der Waals surface area contributed by atoms with E-state index in [4.69, 9.17) is 9.11 Å². The molecule has 10 nitrogen and oxygen atoms in total. The largest absolute Gasteiger partial charge is 0.506 e. The molecule has 0 heterocycles. The average molecular weight is 376 g/mol. The molecule has 1 aromatic carbocycles. The number of hydrogen-bond donors (Lipinski definition) is 3. The lowest BCUT2D eigenvalue weighted by molar-refractivity contribution is 0.284. The number of benzene rings is 1. The van der Waals surface area contributed by atoms with Crippen LogP contribution in [0.3, 0.4) is 0 Å². The first kappa shape index (κ1) is 18.8. The third kappa shape index (κ3) is 4.89. The second kappa shape index (κ2) is 6.10. The highest BCUT2D eigenvalue weighted by atomic mass is 32.3. The summed E-state index contributed by atoms with van der Waals surface area (Å²) in [5, 5.41) is 9.54. The smallest absolute Gasteiger partial charge is 0.397 e. The summed E-state index contributed by atoms with van der Waals surface area (Å²) in [6.45, 7) is 0.306. The molecular formula is C9H12O10S3. The van der Waals surface area contributed by atoms with E-state index in [1.807, 2.05) is 0 Å². The zero-order valence-corrected chi connectivity index (χ0v) is 13.4. The number of aromatic hydroxyl groups is 1. The van der Waals surface area contributed by atoms with Crippen LogP contribution in [0.5, 0.6) is 5.75 Å². The van der Waals surface area contributed by atoms with Crippen molar-refractivity contribution < 1.29 is 43.6 Å². The van der Waals surface area contributed by atoms with E-state index in [-0.39, 0.29) is 5.56 Å². The van der Waals surface area contributed by atoms with Gasteiger partial charge < -0.3 is 5.11 Å². The van der Waals surface area contributed by atoms with Crippen molar-refractivity contribution in [3.05, 3.63) is 17.7 Å². The summed E-state index contributed by atoms with van der Waals surface area (Å²) >= 11 is 0. The minimum absolute atomic E-state index is 0.135. The van der Waals surface area contributed by atoms with Crippen molar-refractivity contribution in [2.75, 3.05) is 12.4 Å². The van der Waals surface area contributed by atoms with Gasteiger partial charge in [0.25, 0.3) is 10.1 Å². The first-order valence-corrected chi connectivity index (χ1v) is 9.85. The van der Waals surface area contributed by atoms with Gasteiger partial charge in [0.05, 0.1) is 17.3 Å². The van der Waals surface area contributed by atoms with Gasteiger partial charge in [-0.05, 0) is 24.6 Å². The molecule has 0 saturated carbocycles. The van der Waals surface area contributed by atoms with Gasteiger partial charge >= 0.3 is 10.4 Å². The lowest BCUT2D eigenvalue weighted by atomic mass is 10.2. The van der Waals surface area contributed by atoms with Gasteiger partial charge in [-0.1, -0.05) is 0 Å². The molecule has 1 aromatic rings. The van der Waals surface area contributed by atoms with Crippen molar-refractivity contribution in [1.82, 2.24) is 0 Å². The van der Waals surface area contributed by atoms with Crippen LogP contribution in [-0.2, 0) is 34.5 Å². The summed E-state index contributed by atoms with van der Waals surface area (Å²) in [5.41, 5.74) is -0.135. The molecule has 1 rings (SSSR count). The first-order valence-electron chi connectivity index (χ1n) is 5.40. The summed E-state index contributed by atoms with van der Waals surface area (Å²) < 4.78 is 87.9. The van der Waals surface area contributed by atoms with E-state index in [1.165, 1.54) is 6.92 Å². The third-order valence-electron chi connectivity index (χ3n) is 2.46. The molecular weight excluding hydrogens is 364 g/mol. The van der Waals surface area contributed by atoms with Gasteiger partial charge in [0.1, 0.15) is 10.6 Å². The highest BCUT2D eigenvalue weighted by Crippen LogP contribution is 2.30. The quantitative estimate of drug-likeness (QED) is 0.551. The van der Waals surface area contributed by atoms with Gasteiger partial charge in [-0.3, -0.25) is 9.11 Å². The molecule has 0 unspecified atom stereocenters. The summed E-state index contributed by atoms with van der Waals surface area (Å²) in [4.78, 5) is -1.57. The molecule has 0 atom stereocenters. The van der Waals surface area contributed by atoms with Crippen molar-refractivity contribution >= 4 is 30.4 Å². The summed E-state index contributed by atoms with van der Waals surface area (Å²) in [7, 11) is -13.9. The van der Waals surface area contributed by atoms with Crippen molar-refractivity contribution in [2.45, 2.75) is 16.7 Å². The fourth-order valence-corrected chi connectivity index (χ4v) is 3.81. The Balaban J connectivity index is 3.24. The van der Waals surface area contributed by atoms with Gasteiger partial charge in [-0.2, -0.15) is 16.8 Å². The Morgan fingerprint density at radius 2 is 1.59 bits per heavy atom. The molecule has 0 aliphatic heterocycles. The normalized spacial score (nSPS) is 13.2. The van der Waals surface area contributed by atoms with Gasteiger partial charge in [-0.25, -0.2) is 12.6 Å². The molecule has 0 bridgehead atoms. The number of phenols is 1. The number of hydrogen-bond acceptors (Lipinski definition) is 8. The predicted molar refractivity (Wildman–Crippen MR) is 72.2 cm³/mol. The maximum Gasteiger partial charge on any atom is 0.397 e. The maximum atomic E-state index is 11.9. The Bertz CT molecular complexity index is 880. The van der Waals surface area contributed by atoms with Crippen LogP contribution in [0.15, 0.2) is 21.9 Å². The van der Waals surface area contributed by atoms with Crippen LogP contribution in [0.1, 0.15) is 5.56 Å². The van der Waals surface area contributed by atoms with E-state index in [2.05, 4.69) is 4.18 Å². The molecule has 0 saturated heterocycles. The Labute approximate surface area is 127 Å². The van der Waals surface area contributed by atoms with Crippen molar-refractivity contribution in [3.8, 4) is 5.75 Å². The number of rotatable bonds is 6. The minimum Gasteiger partial charge on any atom is -0.506 e. The monoisotopic (exact) mass is 376 g/mol. The molecule has 22 heavy (non-hydrogen) atoms. The number of phenolic OH excluding ortho intramolecular Hbond substituents is 1. The fourth-order valence-electron chi connectivity index (χ4n) is 1.46. The van der Waals surface area contributed by atoms with E-state index < -0.39 is 58.3 Å². The highest BCUT2D eigenvalue weighted by molar-refractivity contribution is 7.91. The van der Waals surface area contributed by atoms with E-state index in [0.29, 0.717) is 6.07 Å². The number of aryl methyl sites for hydroxylation is 1. The molecule has 0 fully saturated rings. The Kier molecular flexibility index (Phi) is 5.21. The zero-order valence-electron chi connectivity index (χ0n) is 11.0. The van der Waals surface area contributed by atoms with Crippen LogP contribution >= 0.6 is 0 Å². The highest BCUT2D eigenvalue weighted by Gasteiger charge is 2.24. The molecule has 0 radical (unpaired) electrons. The molecule has 0 spiro atoms. The standard InChI is InChI=1S/C9H12O10S3/c1-6-4-7(5-8(9(6)10)21(13,14)15)20(11,12)3-2-19-22(16,17)18/h4-5,10H,2-3H2,1H3,(H,13,14,15)(H,16,17,18). The molecule has 0 aliphatic rings. The SMILES string of the molecule is Cc1cc(S(=O)(=O)CCOS(=O)(=O)O)cc(S(=O)(=O)O)c1O. The molecule has 0 aliphatic carbocycles. The van der Waals surface area contributed by atoms with Gasteiger partial charge in [0.2, 0.25) is 0 Å². The van der Waals surface area contributed by atoms with Gasteiger partial charge in [0, 0.05) is 0 Å². The molecule has 0 amide bonds. The summed E-state index contributed by atoms with van der Waals surface area (Å²) in [5.74, 6) is -1.70. The van der Waals surface area contributed by atoms with Gasteiger partial charge in [0.15, 0.2) is 9.84 Å². The van der Waals surface area contributed by atoms with Gasteiger partial charge in [-0.15, -0.1) is 0 Å². The predicted octanol–water partition coefficient (Wildman–Crippen LogP) is -0.460. The zero-order chi connectivity index (χ0) is 17.3. The lowest BCUT2D eigenvalue weighted by Crippen LogP contribution is -2.16. The molecule has 3 N–H and O–H groups in total. The van der Waals surface area contributed by atoms with Crippen LogP contribution in [-0.4, -0.2) is 51.8 Å². The number of sulfone groups is 1. The lowest BCUT2D eigenvalue weighted by Gasteiger charge is -2.09. The van der Waals surface area contributed by atoms with Crippen LogP contribution in [0, 0.1) is 6.92 Å².